The predicted molar refractivity (Wildman–Crippen MR) is 119 cm³/mol. The average molecular weight is 459 g/mol. The number of hydrogen-bond donors (Lipinski definition) is 1. The monoisotopic (exact) mass is 458 g/mol. The van der Waals surface area contributed by atoms with Gasteiger partial charge >= 0.3 is 5.97 Å². The highest BCUT2D eigenvalue weighted by molar-refractivity contribution is 6.42. The zero-order chi connectivity index (χ0) is 22.0. The first-order chi connectivity index (χ1) is 15.0. The number of ether oxygens (including phenoxy) is 1. The van der Waals surface area contributed by atoms with Crippen molar-refractivity contribution in [1.82, 2.24) is 4.57 Å². The Labute approximate surface area is 190 Å². The Hall–Kier alpha value is -2.83. The van der Waals surface area contributed by atoms with Gasteiger partial charge in [0.1, 0.15) is 6.20 Å². The summed E-state index contributed by atoms with van der Waals surface area (Å²) in [5.41, 5.74) is 2.71. The van der Waals surface area contributed by atoms with Gasteiger partial charge in [0.05, 0.1) is 40.9 Å². The van der Waals surface area contributed by atoms with E-state index in [0.29, 0.717) is 21.3 Å². The molecule has 1 N–H and O–H groups in total. The maximum absolute atomic E-state index is 12.8. The normalized spacial score (nSPS) is 12.5. The third-order valence-corrected chi connectivity index (χ3v) is 5.96. The van der Waals surface area contributed by atoms with Crippen LogP contribution in [0.2, 0.25) is 10.0 Å². The van der Waals surface area contributed by atoms with Crippen molar-refractivity contribution in [2.24, 2.45) is 0 Å². The van der Waals surface area contributed by atoms with E-state index in [1.807, 2.05) is 22.9 Å². The van der Waals surface area contributed by atoms with E-state index >= 15 is 0 Å². The fourth-order valence-electron chi connectivity index (χ4n) is 3.86. The number of benzene rings is 2. The van der Waals surface area contributed by atoms with E-state index in [-0.39, 0.29) is 19.1 Å². The molecule has 2 aromatic carbocycles. The minimum Gasteiger partial charge on any atom is -0.462 e. The highest BCUT2D eigenvalue weighted by atomic mass is 35.5. The second-order valence-electron chi connectivity index (χ2n) is 7.26. The number of imidazole rings is 1. The summed E-state index contributed by atoms with van der Waals surface area (Å²) < 4.78 is 9.24. The SMILES string of the molecule is CCOC(=O)c1ccccc1NC(=O)C[n+]1cc(-c2ccc(Cl)c(Cl)c2)n2c1CCC2. The molecule has 1 aliphatic heterocycles. The Morgan fingerprint density at radius 2 is 1.97 bits per heavy atom. The van der Waals surface area contributed by atoms with E-state index in [9.17, 15) is 9.59 Å². The van der Waals surface area contributed by atoms with Crippen molar-refractivity contribution >= 4 is 40.8 Å². The molecule has 0 fully saturated rings. The van der Waals surface area contributed by atoms with E-state index in [2.05, 4.69) is 9.88 Å². The van der Waals surface area contributed by atoms with Gasteiger partial charge in [-0.25, -0.2) is 13.9 Å². The second-order valence-corrected chi connectivity index (χ2v) is 8.07. The number of halogens is 2. The smallest absolute Gasteiger partial charge is 0.340 e. The molecular weight excluding hydrogens is 437 g/mol. The molecule has 1 aromatic heterocycles. The van der Waals surface area contributed by atoms with E-state index in [1.165, 1.54) is 0 Å². The standard InChI is InChI=1S/C23H21Cl2N3O3/c1-2-31-23(30)16-6-3-4-7-19(16)26-21(29)14-27-13-20(28-11-5-8-22(27)28)15-9-10-17(24)18(25)12-15/h3-4,6-7,9-10,12-13H,2,5,8,11,14H2,1H3/p+1. The van der Waals surface area contributed by atoms with Gasteiger partial charge in [0.2, 0.25) is 0 Å². The molecule has 0 radical (unpaired) electrons. The van der Waals surface area contributed by atoms with E-state index in [0.717, 1.165) is 36.5 Å². The second kappa shape index (κ2) is 9.12. The van der Waals surface area contributed by atoms with Crippen LogP contribution >= 0.6 is 23.2 Å². The van der Waals surface area contributed by atoms with Crippen molar-refractivity contribution < 1.29 is 18.9 Å². The zero-order valence-electron chi connectivity index (χ0n) is 17.0. The van der Waals surface area contributed by atoms with Gasteiger partial charge in [0.25, 0.3) is 11.7 Å². The summed E-state index contributed by atoms with van der Waals surface area (Å²) in [5, 5.41) is 3.85. The maximum atomic E-state index is 12.8. The largest absolute Gasteiger partial charge is 0.462 e. The van der Waals surface area contributed by atoms with Crippen molar-refractivity contribution in [3.8, 4) is 11.3 Å². The van der Waals surface area contributed by atoms with Gasteiger partial charge in [-0.3, -0.25) is 4.79 Å². The van der Waals surface area contributed by atoms with E-state index in [4.69, 9.17) is 27.9 Å². The molecule has 0 aliphatic carbocycles. The third kappa shape index (κ3) is 4.45. The lowest BCUT2D eigenvalue weighted by Crippen LogP contribution is -2.42. The van der Waals surface area contributed by atoms with Crippen molar-refractivity contribution in [1.29, 1.82) is 0 Å². The van der Waals surface area contributed by atoms with Crippen LogP contribution in [-0.2, 0) is 29.0 Å². The summed E-state index contributed by atoms with van der Waals surface area (Å²) in [7, 11) is 0. The lowest BCUT2D eigenvalue weighted by Gasteiger charge is -2.09. The Bertz CT molecular complexity index is 1160. The molecule has 160 valence electrons. The molecule has 0 unspecified atom stereocenters. The zero-order valence-corrected chi connectivity index (χ0v) is 18.5. The summed E-state index contributed by atoms with van der Waals surface area (Å²) in [6, 6.07) is 12.4. The molecule has 4 rings (SSSR count). The molecule has 0 spiro atoms. The van der Waals surface area contributed by atoms with Crippen LogP contribution in [0.4, 0.5) is 5.69 Å². The number of nitrogens with zero attached hydrogens (tertiary/aromatic N) is 2. The van der Waals surface area contributed by atoms with Gasteiger partial charge in [-0.1, -0.05) is 35.3 Å². The first-order valence-corrected chi connectivity index (χ1v) is 10.9. The van der Waals surface area contributed by atoms with Crippen molar-refractivity contribution in [3.05, 3.63) is 70.1 Å². The Kier molecular flexibility index (Phi) is 6.30. The first kappa shape index (κ1) is 21.4. The van der Waals surface area contributed by atoms with Crippen LogP contribution in [0.5, 0.6) is 0 Å². The third-order valence-electron chi connectivity index (χ3n) is 5.22. The summed E-state index contributed by atoms with van der Waals surface area (Å²) >= 11 is 12.3. The number of carbonyl (C=O) groups is 2. The van der Waals surface area contributed by atoms with E-state index in [1.54, 1.807) is 37.3 Å². The number of rotatable bonds is 6. The molecule has 0 atom stereocenters. The molecule has 8 heteroatoms. The van der Waals surface area contributed by atoms with Gasteiger partial charge < -0.3 is 10.1 Å². The number of anilines is 1. The van der Waals surface area contributed by atoms with Gasteiger partial charge in [0, 0.05) is 5.56 Å². The number of hydrogen-bond acceptors (Lipinski definition) is 3. The van der Waals surface area contributed by atoms with Gasteiger partial charge in [-0.05, 0) is 43.7 Å². The minimum absolute atomic E-state index is 0.133. The minimum atomic E-state index is -0.460. The molecule has 1 aliphatic rings. The fourth-order valence-corrected chi connectivity index (χ4v) is 4.15. The lowest BCUT2D eigenvalue weighted by molar-refractivity contribution is -0.690. The highest BCUT2D eigenvalue weighted by Gasteiger charge is 2.30. The fraction of sp³-hybridized carbons (Fsp3) is 0.261. The Balaban J connectivity index is 1.58. The summed E-state index contributed by atoms with van der Waals surface area (Å²) in [5.74, 6) is 0.398. The van der Waals surface area contributed by atoms with Crippen LogP contribution in [0.25, 0.3) is 11.3 Å². The molecule has 1 amide bonds. The van der Waals surface area contributed by atoms with Gasteiger partial charge in [0.15, 0.2) is 12.2 Å². The molecule has 3 aromatic rings. The lowest BCUT2D eigenvalue weighted by atomic mass is 10.1. The van der Waals surface area contributed by atoms with Gasteiger partial charge in [-0.2, -0.15) is 0 Å². The number of nitrogens with one attached hydrogen (secondary N) is 1. The van der Waals surface area contributed by atoms with Crippen LogP contribution < -0.4 is 9.88 Å². The molecular formula is C23H22Cl2N3O3+. The molecule has 31 heavy (non-hydrogen) atoms. The predicted octanol–water partition coefficient (Wildman–Crippen LogP) is 4.51. The van der Waals surface area contributed by atoms with Crippen LogP contribution in [0.15, 0.2) is 48.7 Å². The van der Waals surface area contributed by atoms with Crippen LogP contribution in [0.1, 0.15) is 29.5 Å². The molecule has 0 bridgehead atoms. The number of para-hydroxylation sites is 1. The van der Waals surface area contributed by atoms with Crippen LogP contribution in [-0.4, -0.2) is 23.1 Å². The molecule has 2 heterocycles. The van der Waals surface area contributed by atoms with Gasteiger partial charge in [-0.15, -0.1) is 0 Å². The quantitative estimate of drug-likeness (QED) is 0.436. The Morgan fingerprint density at radius 3 is 2.74 bits per heavy atom. The Morgan fingerprint density at radius 1 is 1.16 bits per heavy atom. The number of amides is 1. The van der Waals surface area contributed by atoms with Crippen molar-refractivity contribution in [2.75, 3.05) is 11.9 Å². The number of esters is 1. The van der Waals surface area contributed by atoms with Crippen molar-refractivity contribution in [3.63, 3.8) is 0 Å². The summed E-state index contributed by atoms with van der Waals surface area (Å²) in [6.45, 7) is 3.03. The van der Waals surface area contributed by atoms with Crippen molar-refractivity contribution in [2.45, 2.75) is 32.9 Å². The molecule has 6 nitrogen and oxygen atoms in total. The molecule has 0 saturated heterocycles. The number of fused-ring (bicyclic) bond motifs is 1. The summed E-state index contributed by atoms with van der Waals surface area (Å²) in [6.07, 6.45) is 3.86. The van der Waals surface area contributed by atoms with Crippen LogP contribution in [0.3, 0.4) is 0 Å². The number of aromatic nitrogens is 2. The van der Waals surface area contributed by atoms with Crippen LogP contribution in [0, 0.1) is 0 Å². The first-order valence-electron chi connectivity index (χ1n) is 10.1. The average Bonchev–Trinajstić information content (AvgIpc) is 3.35. The van der Waals surface area contributed by atoms with E-state index < -0.39 is 5.97 Å². The maximum Gasteiger partial charge on any atom is 0.340 e. The molecule has 0 saturated carbocycles. The number of carbonyl (C=O) groups excluding carboxylic acids is 2. The summed E-state index contributed by atoms with van der Waals surface area (Å²) in [4.78, 5) is 25.0. The highest BCUT2D eigenvalue weighted by Crippen LogP contribution is 2.30. The topological polar surface area (TPSA) is 64.2 Å².